The molecule has 11 nitrogen and oxygen atoms in total. The maximum atomic E-state index is 13.0. The van der Waals surface area contributed by atoms with Crippen molar-refractivity contribution in [1.29, 1.82) is 0 Å². The number of hydrogen-bond donors (Lipinski definition) is 3. The molecule has 194 valence electrons. The van der Waals surface area contributed by atoms with Crippen LogP contribution in [0.4, 0.5) is 5.69 Å². The Morgan fingerprint density at radius 2 is 1.60 bits per heavy atom. The zero-order valence-electron chi connectivity index (χ0n) is 19.6. The molecule has 0 bridgehead atoms. The average Bonchev–Trinajstić information content (AvgIpc) is 3.08. The Balaban J connectivity index is 0.00000432. The fourth-order valence-corrected chi connectivity index (χ4v) is 3.79. The van der Waals surface area contributed by atoms with Crippen LogP contribution >= 0.6 is 12.4 Å². The second-order valence-corrected chi connectivity index (χ2v) is 7.94. The minimum Gasteiger partial charge on any atom is -0.384 e. The highest BCUT2D eigenvalue weighted by Gasteiger charge is 2.45. The lowest BCUT2D eigenvalue weighted by atomic mass is 10.0. The molecule has 1 aromatic rings. The molecule has 1 saturated heterocycles. The predicted octanol–water partition coefficient (Wildman–Crippen LogP) is 0.710. The topological polar surface area (TPSA) is 149 Å². The van der Waals surface area contributed by atoms with Gasteiger partial charge in [-0.2, -0.15) is 0 Å². The van der Waals surface area contributed by atoms with E-state index in [0.717, 1.165) is 11.3 Å². The van der Waals surface area contributed by atoms with Gasteiger partial charge in [0.15, 0.2) is 0 Å². The molecule has 0 radical (unpaired) electrons. The van der Waals surface area contributed by atoms with Crippen LogP contribution in [0.5, 0.6) is 0 Å². The summed E-state index contributed by atoms with van der Waals surface area (Å²) in [5.74, 6) is -2.08. The van der Waals surface area contributed by atoms with Crippen LogP contribution in [0.2, 0.25) is 0 Å². The molecule has 12 heteroatoms. The van der Waals surface area contributed by atoms with Gasteiger partial charge >= 0.3 is 0 Å². The molecule has 4 N–H and O–H groups in total. The molecule has 0 saturated carbocycles. The molecule has 2 aliphatic heterocycles. The third-order valence-corrected chi connectivity index (χ3v) is 5.49. The first-order valence-corrected chi connectivity index (χ1v) is 11.6. The Morgan fingerprint density at radius 3 is 2.26 bits per heavy atom. The molecule has 3 rings (SSSR count). The maximum absolute atomic E-state index is 13.0. The number of hydrogen-bond acceptors (Lipinski definition) is 9. The Labute approximate surface area is 210 Å². The molecule has 2 heterocycles. The first kappa shape index (κ1) is 28.7. The number of rotatable bonds is 15. The van der Waals surface area contributed by atoms with Crippen molar-refractivity contribution in [3.05, 3.63) is 29.3 Å². The van der Waals surface area contributed by atoms with Gasteiger partial charge in [-0.1, -0.05) is 6.07 Å². The number of benzene rings is 1. The standard InChI is InChI=1S/C23H32N4O7.ClH/c24-8-2-10-32-12-14-34-15-13-33-11-3-9-25-17-5-1-4-16-20(17)23(31)27(22(16)30)18-6-7-19(28)26-21(18)29;/h1,4-5,18,25H,2-3,6-15,24H2,(H,26,28,29);1H. The third kappa shape index (κ3) is 7.71. The zero-order chi connectivity index (χ0) is 24.3. The van der Waals surface area contributed by atoms with E-state index in [9.17, 15) is 19.2 Å². The number of imide groups is 2. The van der Waals surface area contributed by atoms with Crippen molar-refractivity contribution < 1.29 is 33.4 Å². The number of amides is 4. The van der Waals surface area contributed by atoms with Gasteiger partial charge in [0, 0.05) is 31.9 Å². The lowest BCUT2D eigenvalue weighted by molar-refractivity contribution is -0.136. The lowest BCUT2D eigenvalue weighted by Gasteiger charge is -2.27. The van der Waals surface area contributed by atoms with E-state index in [-0.39, 0.29) is 36.4 Å². The number of anilines is 1. The summed E-state index contributed by atoms with van der Waals surface area (Å²) in [6, 6.07) is 4.00. The average molecular weight is 513 g/mol. The van der Waals surface area contributed by atoms with Crippen LogP contribution < -0.4 is 16.4 Å². The number of halogens is 1. The van der Waals surface area contributed by atoms with Crippen LogP contribution in [0.25, 0.3) is 0 Å². The van der Waals surface area contributed by atoms with Crippen molar-refractivity contribution in [1.82, 2.24) is 10.2 Å². The fourth-order valence-electron chi connectivity index (χ4n) is 3.79. The van der Waals surface area contributed by atoms with Crippen molar-refractivity contribution in [2.24, 2.45) is 5.73 Å². The van der Waals surface area contributed by atoms with Crippen LogP contribution in [0.15, 0.2) is 18.2 Å². The summed E-state index contributed by atoms with van der Waals surface area (Å²) in [7, 11) is 0. The summed E-state index contributed by atoms with van der Waals surface area (Å²) in [6.07, 6.45) is 1.74. The number of ether oxygens (including phenoxy) is 3. The largest absolute Gasteiger partial charge is 0.384 e. The van der Waals surface area contributed by atoms with Crippen LogP contribution in [-0.2, 0) is 23.8 Å². The van der Waals surface area contributed by atoms with Gasteiger partial charge in [0.2, 0.25) is 11.8 Å². The molecule has 1 atom stereocenters. The highest BCUT2D eigenvalue weighted by Crippen LogP contribution is 2.32. The first-order valence-electron chi connectivity index (χ1n) is 11.6. The number of piperidine rings is 1. The molecular formula is C23H33ClN4O7. The highest BCUT2D eigenvalue weighted by atomic mass is 35.5. The number of fused-ring (bicyclic) bond motifs is 1. The number of nitrogens with two attached hydrogens (primary N) is 1. The molecule has 0 spiro atoms. The number of carbonyl (C=O) groups is 4. The Bertz CT molecular complexity index is 899. The minimum absolute atomic E-state index is 0. The molecular weight excluding hydrogens is 480 g/mol. The lowest BCUT2D eigenvalue weighted by Crippen LogP contribution is -2.54. The fraction of sp³-hybridized carbons (Fsp3) is 0.565. The number of carbonyl (C=O) groups excluding carboxylic acids is 4. The summed E-state index contributed by atoms with van der Waals surface area (Å²) in [5, 5.41) is 5.38. The smallest absolute Gasteiger partial charge is 0.264 e. The molecule has 4 amide bonds. The van der Waals surface area contributed by atoms with E-state index in [4.69, 9.17) is 19.9 Å². The van der Waals surface area contributed by atoms with Gasteiger partial charge in [-0.15, -0.1) is 12.4 Å². The van der Waals surface area contributed by atoms with Crippen LogP contribution in [-0.4, -0.2) is 87.3 Å². The van der Waals surface area contributed by atoms with E-state index in [1.54, 1.807) is 18.2 Å². The van der Waals surface area contributed by atoms with Gasteiger partial charge in [-0.3, -0.25) is 29.4 Å². The van der Waals surface area contributed by atoms with Crippen LogP contribution in [0.3, 0.4) is 0 Å². The molecule has 0 aromatic heterocycles. The van der Waals surface area contributed by atoms with E-state index < -0.39 is 29.7 Å². The molecule has 1 unspecified atom stereocenters. The molecule has 0 aliphatic carbocycles. The Morgan fingerprint density at radius 1 is 0.943 bits per heavy atom. The highest BCUT2D eigenvalue weighted by molar-refractivity contribution is 6.25. The SMILES string of the molecule is Cl.NCCCOCCOCCOCCCNc1cccc2c1C(=O)N(C1CCC(=O)NC1=O)C2=O. The van der Waals surface area contributed by atoms with Crippen molar-refractivity contribution in [3.63, 3.8) is 0 Å². The van der Waals surface area contributed by atoms with Crippen molar-refractivity contribution in [2.45, 2.75) is 31.7 Å². The molecule has 35 heavy (non-hydrogen) atoms. The Hall–Kier alpha value is -2.57. The quantitative estimate of drug-likeness (QED) is 0.228. The van der Waals surface area contributed by atoms with Gasteiger partial charge in [0.1, 0.15) is 6.04 Å². The summed E-state index contributed by atoms with van der Waals surface area (Å²) in [4.78, 5) is 50.5. The summed E-state index contributed by atoms with van der Waals surface area (Å²) in [5.41, 5.74) is 6.42. The molecule has 2 aliphatic rings. The normalized spacial score (nSPS) is 17.3. The Kier molecular flexibility index (Phi) is 12.1. The third-order valence-electron chi connectivity index (χ3n) is 5.49. The summed E-state index contributed by atoms with van der Waals surface area (Å²) < 4.78 is 16.3. The predicted molar refractivity (Wildman–Crippen MR) is 130 cm³/mol. The van der Waals surface area contributed by atoms with Gasteiger partial charge < -0.3 is 25.3 Å². The summed E-state index contributed by atoms with van der Waals surface area (Å²) >= 11 is 0. The molecule has 1 aromatic carbocycles. The second-order valence-electron chi connectivity index (χ2n) is 7.94. The zero-order valence-corrected chi connectivity index (χ0v) is 20.4. The van der Waals surface area contributed by atoms with Gasteiger partial charge in [0.05, 0.1) is 37.6 Å². The van der Waals surface area contributed by atoms with E-state index in [2.05, 4.69) is 10.6 Å². The van der Waals surface area contributed by atoms with E-state index >= 15 is 0 Å². The maximum Gasteiger partial charge on any atom is 0.264 e. The minimum atomic E-state index is -0.980. The van der Waals surface area contributed by atoms with Crippen molar-refractivity contribution in [3.8, 4) is 0 Å². The van der Waals surface area contributed by atoms with E-state index in [1.807, 2.05) is 0 Å². The van der Waals surface area contributed by atoms with E-state index in [1.165, 1.54) is 0 Å². The summed E-state index contributed by atoms with van der Waals surface area (Å²) in [6.45, 7) is 4.29. The number of nitrogens with zero attached hydrogens (tertiary/aromatic N) is 1. The van der Waals surface area contributed by atoms with Gasteiger partial charge in [-0.25, -0.2) is 0 Å². The van der Waals surface area contributed by atoms with Crippen LogP contribution in [0.1, 0.15) is 46.4 Å². The van der Waals surface area contributed by atoms with Crippen molar-refractivity contribution in [2.75, 3.05) is 58.0 Å². The van der Waals surface area contributed by atoms with Gasteiger partial charge in [0.25, 0.3) is 11.8 Å². The van der Waals surface area contributed by atoms with E-state index in [0.29, 0.717) is 64.8 Å². The van der Waals surface area contributed by atoms with Crippen LogP contribution in [0, 0.1) is 0 Å². The molecule has 1 fully saturated rings. The first-order chi connectivity index (χ1) is 16.5. The monoisotopic (exact) mass is 512 g/mol. The second kappa shape index (κ2) is 14.7. The van der Waals surface area contributed by atoms with Gasteiger partial charge in [-0.05, 0) is 37.9 Å². The number of nitrogens with one attached hydrogen (secondary N) is 2. The van der Waals surface area contributed by atoms with Crippen molar-refractivity contribution >= 4 is 41.7 Å².